The van der Waals surface area contributed by atoms with Crippen LogP contribution in [0.1, 0.15) is 49.3 Å². The Bertz CT molecular complexity index is 538. The summed E-state index contributed by atoms with van der Waals surface area (Å²) in [6.45, 7) is 4.10. The highest BCUT2D eigenvalue weighted by Crippen LogP contribution is 2.14. The van der Waals surface area contributed by atoms with E-state index in [1.165, 1.54) is 0 Å². The Kier molecular flexibility index (Phi) is 5.16. The molecule has 2 aromatic rings. The van der Waals surface area contributed by atoms with Crippen molar-refractivity contribution >= 4 is 17.2 Å². The highest BCUT2D eigenvalue weighted by atomic mass is 32.1. The number of amides is 1. The van der Waals surface area contributed by atoms with Gasteiger partial charge in [-0.25, -0.2) is 4.98 Å². The fourth-order valence-corrected chi connectivity index (χ4v) is 2.62. The number of rotatable bonds is 7. The first-order valence-corrected chi connectivity index (χ1v) is 7.56. The Hall–Kier alpha value is -1.83. The number of aromatic amines is 1. The van der Waals surface area contributed by atoms with E-state index < -0.39 is 0 Å². The van der Waals surface area contributed by atoms with Crippen molar-refractivity contribution in [2.24, 2.45) is 0 Å². The third-order valence-electron chi connectivity index (χ3n) is 2.83. The zero-order valence-electron chi connectivity index (χ0n) is 11.6. The SMILES string of the molecule is CCC[C@@H](NC(=O)Cc1csc(CC)n1)c1nn[nH]n1. The van der Waals surface area contributed by atoms with Gasteiger partial charge in [0.05, 0.1) is 23.2 Å². The van der Waals surface area contributed by atoms with Gasteiger partial charge in [0.25, 0.3) is 0 Å². The summed E-state index contributed by atoms with van der Waals surface area (Å²) in [6, 6.07) is -0.199. The molecule has 0 saturated heterocycles. The summed E-state index contributed by atoms with van der Waals surface area (Å²) in [5.74, 6) is 0.453. The van der Waals surface area contributed by atoms with Crippen LogP contribution in [-0.4, -0.2) is 31.5 Å². The number of hydrogen-bond donors (Lipinski definition) is 2. The molecule has 0 aliphatic rings. The quantitative estimate of drug-likeness (QED) is 0.805. The number of aryl methyl sites for hydroxylation is 1. The maximum absolute atomic E-state index is 12.1. The van der Waals surface area contributed by atoms with E-state index in [1.807, 2.05) is 12.3 Å². The van der Waals surface area contributed by atoms with Gasteiger partial charge in [-0.05, 0) is 12.8 Å². The maximum Gasteiger partial charge on any atom is 0.226 e. The van der Waals surface area contributed by atoms with Gasteiger partial charge in [-0.1, -0.05) is 25.5 Å². The molecule has 0 fully saturated rings. The molecule has 0 aromatic carbocycles. The van der Waals surface area contributed by atoms with Gasteiger partial charge >= 0.3 is 0 Å². The highest BCUT2D eigenvalue weighted by molar-refractivity contribution is 7.09. The molecule has 108 valence electrons. The molecular formula is C12H18N6OS. The summed E-state index contributed by atoms with van der Waals surface area (Å²) in [5.41, 5.74) is 0.813. The summed E-state index contributed by atoms with van der Waals surface area (Å²) in [4.78, 5) is 16.5. The van der Waals surface area contributed by atoms with Crippen LogP contribution in [0.15, 0.2) is 5.38 Å². The number of aromatic nitrogens is 5. The number of hydrogen-bond acceptors (Lipinski definition) is 6. The van der Waals surface area contributed by atoms with Crippen LogP contribution < -0.4 is 5.32 Å². The van der Waals surface area contributed by atoms with Crippen molar-refractivity contribution in [3.63, 3.8) is 0 Å². The minimum atomic E-state index is -0.199. The minimum absolute atomic E-state index is 0.0683. The number of carbonyl (C=O) groups excluding carboxylic acids is 1. The molecule has 1 amide bonds. The Balaban J connectivity index is 1.94. The van der Waals surface area contributed by atoms with Crippen LogP contribution >= 0.6 is 11.3 Å². The molecular weight excluding hydrogens is 276 g/mol. The lowest BCUT2D eigenvalue weighted by Crippen LogP contribution is -2.30. The smallest absolute Gasteiger partial charge is 0.226 e. The van der Waals surface area contributed by atoms with E-state index in [0.29, 0.717) is 5.82 Å². The Morgan fingerprint density at radius 1 is 1.50 bits per heavy atom. The average molecular weight is 294 g/mol. The monoisotopic (exact) mass is 294 g/mol. The van der Waals surface area contributed by atoms with Crippen molar-refractivity contribution in [3.8, 4) is 0 Å². The fourth-order valence-electron chi connectivity index (χ4n) is 1.87. The summed E-state index contributed by atoms with van der Waals surface area (Å²) in [7, 11) is 0. The van der Waals surface area contributed by atoms with Crippen LogP contribution in [-0.2, 0) is 17.6 Å². The maximum atomic E-state index is 12.1. The van der Waals surface area contributed by atoms with Crippen LogP contribution in [0.3, 0.4) is 0 Å². The largest absolute Gasteiger partial charge is 0.346 e. The zero-order valence-corrected chi connectivity index (χ0v) is 12.4. The molecule has 0 unspecified atom stereocenters. The van der Waals surface area contributed by atoms with Gasteiger partial charge in [-0.2, -0.15) is 5.21 Å². The molecule has 0 saturated carbocycles. The number of carbonyl (C=O) groups is 1. The van der Waals surface area contributed by atoms with E-state index in [-0.39, 0.29) is 18.4 Å². The molecule has 0 spiro atoms. The summed E-state index contributed by atoms with van der Waals surface area (Å²) < 4.78 is 0. The van der Waals surface area contributed by atoms with Gasteiger partial charge < -0.3 is 5.32 Å². The molecule has 2 aromatic heterocycles. The summed E-state index contributed by atoms with van der Waals surface area (Å²) >= 11 is 1.59. The van der Waals surface area contributed by atoms with Gasteiger partial charge in [0.15, 0.2) is 5.82 Å². The Labute approximate surface area is 121 Å². The number of nitrogens with one attached hydrogen (secondary N) is 2. The molecule has 2 heterocycles. The fraction of sp³-hybridized carbons (Fsp3) is 0.583. The summed E-state index contributed by atoms with van der Waals surface area (Å²) in [5, 5.41) is 19.7. The molecule has 2 N–H and O–H groups in total. The van der Waals surface area contributed by atoms with E-state index in [4.69, 9.17) is 0 Å². The van der Waals surface area contributed by atoms with Crippen LogP contribution in [0.5, 0.6) is 0 Å². The zero-order chi connectivity index (χ0) is 14.4. The molecule has 7 nitrogen and oxygen atoms in total. The standard InChI is InChI=1S/C12H18N6OS/c1-3-5-9(12-15-17-18-16-12)14-10(19)6-8-7-20-11(4-2)13-8/h7,9H,3-6H2,1-2H3,(H,14,19)(H,15,16,17,18)/t9-/m1/s1. The molecule has 0 bridgehead atoms. The average Bonchev–Trinajstić information content (AvgIpc) is 3.09. The van der Waals surface area contributed by atoms with E-state index in [9.17, 15) is 4.79 Å². The van der Waals surface area contributed by atoms with E-state index >= 15 is 0 Å². The molecule has 0 aliphatic heterocycles. The predicted molar refractivity (Wildman–Crippen MR) is 75.2 cm³/mol. The second-order valence-electron chi connectivity index (χ2n) is 4.44. The van der Waals surface area contributed by atoms with E-state index in [0.717, 1.165) is 30.0 Å². The number of thiazole rings is 1. The first-order chi connectivity index (χ1) is 9.72. The van der Waals surface area contributed by atoms with Crippen molar-refractivity contribution in [3.05, 3.63) is 21.9 Å². The highest BCUT2D eigenvalue weighted by Gasteiger charge is 2.18. The van der Waals surface area contributed by atoms with Crippen LogP contribution in [0, 0.1) is 0 Å². The Morgan fingerprint density at radius 2 is 2.35 bits per heavy atom. The number of H-pyrrole nitrogens is 1. The van der Waals surface area contributed by atoms with E-state index in [1.54, 1.807) is 11.3 Å². The second-order valence-corrected chi connectivity index (χ2v) is 5.38. The molecule has 2 rings (SSSR count). The lowest BCUT2D eigenvalue weighted by atomic mass is 10.1. The van der Waals surface area contributed by atoms with Crippen LogP contribution in [0.25, 0.3) is 0 Å². The van der Waals surface area contributed by atoms with Gasteiger partial charge in [-0.3, -0.25) is 4.79 Å². The summed E-state index contributed by atoms with van der Waals surface area (Å²) in [6.07, 6.45) is 2.89. The molecule has 20 heavy (non-hydrogen) atoms. The van der Waals surface area contributed by atoms with Crippen molar-refractivity contribution in [2.45, 2.75) is 45.6 Å². The predicted octanol–water partition coefficient (Wildman–Crippen LogP) is 1.42. The number of tetrazole rings is 1. The van der Waals surface area contributed by atoms with Crippen molar-refractivity contribution in [1.82, 2.24) is 30.9 Å². The third kappa shape index (κ3) is 3.83. The first kappa shape index (κ1) is 14.6. The lowest BCUT2D eigenvalue weighted by molar-refractivity contribution is -0.121. The molecule has 8 heteroatoms. The topological polar surface area (TPSA) is 96.5 Å². The van der Waals surface area contributed by atoms with Crippen molar-refractivity contribution < 1.29 is 4.79 Å². The first-order valence-electron chi connectivity index (χ1n) is 6.68. The van der Waals surface area contributed by atoms with Gasteiger partial charge in [0, 0.05) is 5.38 Å². The van der Waals surface area contributed by atoms with Crippen LogP contribution in [0.2, 0.25) is 0 Å². The van der Waals surface area contributed by atoms with Crippen molar-refractivity contribution in [2.75, 3.05) is 0 Å². The van der Waals surface area contributed by atoms with Gasteiger partial charge in [0.1, 0.15) is 0 Å². The van der Waals surface area contributed by atoms with E-state index in [2.05, 4.69) is 37.8 Å². The van der Waals surface area contributed by atoms with Crippen LogP contribution in [0.4, 0.5) is 0 Å². The van der Waals surface area contributed by atoms with Gasteiger partial charge in [-0.15, -0.1) is 21.5 Å². The molecule has 0 aliphatic carbocycles. The number of nitrogens with zero attached hydrogens (tertiary/aromatic N) is 4. The third-order valence-corrected chi connectivity index (χ3v) is 3.87. The van der Waals surface area contributed by atoms with Gasteiger partial charge in [0.2, 0.25) is 5.91 Å². The Morgan fingerprint density at radius 3 is 2.95 bits per heavy atom. The molecule has 0 radical (unpaired) electrons. The molecule has 1 atom stereocenters. The second kappa shape index (κ2) is 7.09. The minimum Gasteiger partial charge on any atom is -0.346 e. The van der Waals surface area contributed by atoms with Crippen molar-refractivity contribution in [1.29, 1.82) is 0 Å². The normalized spacial score (nSPS) is 12.3. The lowest BCUT2D eigenvalue weighted by Gasteiger charge is -2.13.